The van der Waals surface area contributed by atoms with Gasteiger partial charge in [-0.1, -0.05) is 56.9 Å². The zero-order valence-corrected chi connectivity index (χ0v) is 11.0. The van der Waals surface area contributed by atoms with E-state index in [0.29, 0.717) is 6.61 Å². The highest BCUT2D eigenvalue weighted by atomic mass is 16.5. The van der Waals surface area contributed by atoms with Gasteiger partial charge in [0.2, 0.25) is 0 Å². The number of unbranched alkanes of at least 4 members (excludes halogenated alkanes) is 3. The normalized spacial score (nSPS) is 12.6. The average Bonchev–Trinajstić information content (AvgIpc) is 2.35. The Kier molecular flexibility index (Phi) is 6.90. The minimum absolute atomic E-state index is 0.330. The topological polar surface area (TPSA) is 29.5 Å². The van der Waals surface area contributed by atoms with Crippen LogP contribution in [-0.4, -0.2) is 12.2 Å². The molecule has 1 rings (SSSR count). The van der Waals surface area contributed by atoms with Crippen LogP contribution in [0.5, 0.6) is 0 Å². The van der Waals surface area contributed by atoms with E-state index in [1.807, 2.05) is 24.3 Å². The maximum absolute atomic E-state index is 10.1. The lowest BCUT2D eigenvalue weighted by Crippen LogP contribution is -1.99. The summed E-state index contributed by atoms with van der Waals surface area (Å²) in [7, 11) is 1.69. The SMILES string of the molecule is CCCCCCC(O)c1cccc(COC)c1. The number of aliphatic hydroxyl groups is 1. The van der Waals surface area contributed by atoms with Gasteiger partial charge in [0, 0.05) is 7.11 Å². The molecule has 1 unspecified atom stereocenters. The van der Waals surface area contributed by atoms with Crippen molar-refractivity contribution in [1.29, 1.82) is 0 Å². The van der Waals surface area contributed by atoms with Crippen LogP contribution in [0.4, 0.5) is 0 Å². The van der Waals surface area contributed by atoms with E-state index in [4.69, 9.17) is 4.74 Å². The molecule has 96 valence electrons. The lowest BCUT2D eigenvalue weighted by molar-refractivity contribution is 0.162. The molecule has 0 heterocycles. The van der Waals surface area contributed by atoms with Crippen molar-refractivity contribution in [2.75, 3.05) is 7.11 Å². The number of hydrogen-bond donors (Lipinski definition) is 1. The van der Waals surface area contributed by atoms with Crippen molar-refractivity contribution < 1.29 is 9.84 Å². The van der Waals surface area contributed by atoms with Crippen LogP contribution in [0.1, 0.15) is 56.3 Å². The Morgan fingerprint density at radius 3 is 2.76 bits per heavy atom. The second-order valence-electron chi connectivity index (χ2n) is 4.54. The summed E-state index contributed by atoms with van der Waals surface area (Å²) in [6.45, 7) is 2.81. The first-order valence-electron chi connectivity index (χ1n) is 6.53. The minimum Gasteiger partial charge on any atom is -0.388 e. The molecule has 0 amide bonds. The first-order valence-corrected chi connectivity index (χ1v) is 6.53. The van der Waals surface area contributed by atoms with Gasteiger partial charge in [0.1, 0.15) is 0 Å². The first kappa shape index (κ1) is 14.2. The lowest BCUT2D eigenvalue weighted by atomic mass is 10.0. The van der Waals surface area contributed by atoms with Crippen molar-refractivity contribution in [3.05, 3.63) is 35.4 Å². The van der Waals surface area contributed by atoms with E-state index < -0.39 is 0 Å². The van der Waals surface area contributed by atoms with E-state index in [0.717, 1.165) is 24.0 Å². The Morgan fingerprint density at radius 1 is 1.24 bits per heavy atom. The molecule has 0 aliphatic rings. The Morgan fingerprint density at radius 2 is 2.06 bits per heavy atom. The Bertz CT molecular complexity index is 310. The quantitative estimate of drug-likeness (QED) is 0.695. The van der Waals surface area contributed by atoms with Crippen LogP contribution in [0.25, 0.3) is 0 Å². The van der Waals surface area contributed by atoms with E-state index in [1.165, 1.54) is 19.3 Å². The molecule has 0 bridgehead atoms. The van der Waals surface area contributed by atoms with Crippen LogP contribution < -0.4 is 0 Å². The molecule has 1 aromatic carbocycles. The van der Waals surface area contributed by atoms with Gasteiger partial charge >= 0.3 is 0 Å². The first-order chi connectivity index (χ1) is 8.27. The summed E-state index contributed by atoms with van der Waals surface area (Å²) in [5, 5.41) is 10.1. The standard InChI is InChI=1S/C15H24O2/c1-3-4-5-6-10-15(16)14-9-7-8-13(11-14)12-17-2/h7-9,11,15-16H,3-6,10,12H2,1-2H3. The van der Waals surface area contributed by atoms with Crippen LogP contribution in [0, 0.1) is 0 Å². The van der Waals surface area contributed by atoms with Gasteiger partial charge in [0.05, 0.1) is 12.7 Å². The van der Waals surface area contributed by atoms with Crippen molar-refractivity contribution in [3.63, 3.8) is 0 Å². The fourth-order valence-electron chi connectivity index (χ4n) is 1.99. The molecule has 0 saturated carbocycles. The van der Waals surface area contributed by atoms with Crippen molar-refractivity contribution in [3.8, 4) is 0 Å². The summed E-state index contributed by atoms with van der Waals surface area (Å²) in [5.74, 6) is 0. The highest BCUT2D eigenvalue weighted by Gasteiger charge is 2.07. The molecule has 1 atom stereocenters. The number of rotatable bonds is 8. The van der Waals surface area contributed by atoms with E-state index in [9.17, 15) is 5.11 Å². The van der Waals surface area contributed by atoms with Gasteiger partial charge < -0.3 is 9.84 Å². The van der Waals surface area contributed by atoms with Crippen molar-refractivity contribution in [1.82, 2.24) is 0 Å². The molecule has 2 nitrogen and oxygen atoms in total. The van der Waals surface area contributed by atoms with Gasteiger partial charge in [-0.2, -0.15) is 0 Å². The molecular weight excluding hydrogens is 212 g/mol. The maximum Gasteiger partial charge on any atom is 0.0790 e. The van der Waals surface area contributed by atoms with Gasteiger partial charge in [-0.25, -0.2) is 0 Å². The fourth-order valence-corrected chi connectivity index (χ4v) is 1.99. The molecule has 0 spiro atoms. The molecule has 1 N–H and O–H groups in total. The molecule has 2 heteroatoms. The highest BCUT2D eigenvalue weighted by Crippen LogP contribution is 2.21. The van der Waals surface area contributed by atoms with Gasteiger partial charge in [-0.15, -0.1) is 0 Å². The van der Waals surface area contributed by atoms with Crippen molar-refractivity contribution >= 4 is 0 Å². The van der Waals surface area contributed by atoms with Crippen LogP contribution in [0.15, 0.2) is 24.3 Å². The highest BCUT2D eigenvalue weighted by molar-refractivity contribution is 5.24. The van der Waals surface area contributed by atoms with Gasteiger partial charge in [0.15, 0.2) is 0 Å². The minimum atomic E-state index is -0.330. The summed E-state index contributed by atoms with van der Waals surface area (Å²) in [6, 6.07) is 8.04. The summed E-state index contributed by atoms with van der Waals surface area (Å²) >= 11 is 0. The van der Waals surface area contributed by atoms with Gasteiger partial charge in [-0.05, 0) is 17.5 Å². The molecule has 0 aliphatic carbocycles. The summed E-state index contributed by atoms with van der Waals surface area (Å²) in [4.78, 5) is 0. The zero-order chi connectivity index (χ0) is 12.5. The monoisotopic (exact) mass is 236 g/mol. The van der Waals surface area contributed by atoms with E-state index >= 15 is 0 Å². The Labute approximate surface area is 105 Å². The second-order valence-corrected chi connectivity index (χ2v) is 4.54. The van der Waals surface area contributed by atoms with E-state index in [2.05, 4.69) is 6.92 Å². The molecule has 1 aromatic rings. The number of methoxy groups -OCH3 is 1. The van der Waals surface area contributed by atoms with Crippen LogP contribution in [0.2, 0.25) is 0 Å². The molecule has 0 fully saturated rings. The number of benzene rings is 1. The largest absolute Gasteiger partial charge is 0.388 e. The third-order valence-electron chi connectivity index (χ3n) is 2.98. The lowest BCUT2D eigenvalue weighted by Gasteiger charge is -2.12. The molecule has 17 heavy (non-hydrogen) atoms. The molecule has 0 aliphatic heterocycles. The summed E-state index contributed by atoms with van der Waals surface area (Å²) in [6.07, 6.45) is 5.34. The van der Waals surface area contributed by atoms with Crippen LogP contribution in [0.3, 0.4) is 0 Å². The molecule has 0 saturated heterocycles. The summed E-state index contributed by atoms with van der Waals surface area (Å²) < 4.78 is 5.09. The zero-order valence-electron chi connectivity index (χ0n) is 11.0. The molecular formula is C15H24O2. The van der Waals surface area contributed by atoms with Crippen molar-refractivity contribution in [2.45, 2.75) is 51.7 Å². The number of ether oxygens (including phenoxy) is 1. The van der Waals surface area contributed by atoms with Crippen LogP contribution >= 0.6 is 0 Å². The summed E-state index contributed by atoms with van der Waals surface area (Å²) in [5.41, 5.74) is 2.13. The molecule has 0 radical (unpaired) electrons. The predicted octanol–water partition coefficient (Wildman–Crippen LogP) is 3.84. The Hall–Kier alpha value is -0.860. The van der Waals surface area contributed by atoms with Crippen molar-refractivity contribution in [2.24, 2.45) is 0 Å². The predicted molar refractivity (Wildman–Crippen MR) is 70.9 cm³/mol. The molecule has 0 aromatic heterocycles. The smallest absolute Gasteiger partial charge is 0.0790 e. The van der Waals surface area contributed by atoms with Gasteiger partial charge in [-0.3, -0.25) is 0 Å². The van der Waals surface area contributed by atoms with Gasteiger partial charge in [0.25, 0.3) is 0 Å². The average molecular weight is 236 g/mol. The van der Waals surface area contributed by atoms with E-state index in [-0.39, 0.29) is 6.10 Å². The number of aliphatic hydroxyl groups excluding tert-OH is 1. The maximum atomic E-state index is 10.1. The Balaban J connectivity index is 2.44. The third kappa shape index (κ3) is 5.33. The van der Waals surface area contributed by atoms with E-state index in [1.54, 1.807) is 7.11 Å². The van der Waals surface area contributed by atoms with Crippen LogP contribution in [-0.2, 0) is 11.3 Å². The number of hydrogen-bond acceptors (Lipinski definition) is 2. The third-order valence-corrected chi connectivity index (χ3v) is 2.98. The second kappa shape index (κ2) is 8.26. The fraction of sp³-hybridized carbons (Fsp3) is 0.600.